The molecule has 7 nitrogen and oxygen atoms in total. The number of rotatable bonds is 8. The molecule has 2 amide bonds. The second-order valence-electron chi connectivity index (χ2n) is 5.36. The van der Waals surface area contributed by atoms with E-state index in [1.807, 2.05) is 17.5 Å². The summed E-state index contributed by atoms with van der Waals surface area (Å²) in [5.74, 6) is -0.395. The van der Waals surface area contributed by atoms with Crippen molar-refractivity contribution in [2.24, 2.45) is 5.16 Å². The number of methoxy groups -OCH3 is 1. The summed E-state index contributed by atoms with van der Waals surface area (Å²) in [5, 5.41) is 11.4. The molecule has 0 saturated carbocycles. The van der Waals surface area contributed by atoms with Gasteiger partial charge < -0.3 is 20.2 Å². The van der Waals surface area contributed by atoms with Gasteiger partial charge >= 0.3 is 0 Å². The average molecular weight is 339 g/mol. The van der Waals surface area contributed by atoms with Gasteiger partial charge in [0, 0.05) is 33.0 Å². The Bertz CT molecular complexity index is 573. The number of nitrogens with zero attached hydrogens (tertiary/aromatic N) is 1. The number of carbonyl (C=O) groups is 2. The number of hydrogen-bond acceptors (Lipinski definition) is 6. The smallest absolute Gasteiger partial charge is 0.267 e. The molecule has 8 heteroatoms. The van der Waals surface area contributed by atoms with E-state index in [0.717, 1.165) is 10.6 Å². The van der Waals surface area contributed by atoms with E-state index >= 15 is 0 Å². The zero-order chi connectivity index (χ0) is 16.7. The van der Waals surface area contributed by atoms with Crippen LogP contribution in [0, 0.1) is 0 Å². The molecule has 1 atom stereocenters. The van der Waals surface area contributed by atoms with Crippen molar-refractivity contribution in [1.82, 2.24) is 10.6 Å². The molecule has 0 fully saturated rings. The zero-order valence-electron chi connectivity index (χ0n) is 13.3. The molecule has 0 aliphatic carbocycles. The van der Waals surface area contributed by atoms with E-state index in [1.54, 1.807) is 25.4 Å². The van der Waals surface area contributed by atoms with Gasteiger partial charge in [-0.1, -0.05) is 11.2 Å². The molecule has 0 unspecified atom stereocenters. The first-order chi connectivity index (χ1) is 11.0. The molecule has 0 saturated heterocycles. The molecular weight excluding hydrogens is 318 g/mol. The fourth-order valence-electron chi connectivity index (χ4n) is 2.09. The molecule has 1 aromatic rings. The van der Waals surface area contributed by atoms with Crippen molar-refractivity contribution in [3.05, 3.63) is 22.4 Å². The van der Waals surface area contributed by atoms with Crippen LogP contribution in [0.5, 0.6) is 0 Å². The van der Waals surface area contributed by atoms with Gasteiger partial charge in [-0.2, -0.15) is 0 Å². The lowest BCUT2D eigenvalue weighted by Crippen LogP contribution is -2.45. The molecule has 2 N–H and O–H groups in total. The van der Waals surface area contributed by atoms with Crippen LogP contribution < -0.4 is 10.6 Å². The summed E-state index contributed by atoms with van der Waals surface area (Å²) in [5.41, 5.74) is -0.249. The van der Waals surface area contributed by atoms with Crippen molar-refractivity contribution < 1.29 is 19.2 Å². The maximum atomic E-state index is 12.3. The Morgan fingerprint density at radius 2 is 2.26 bits per heavy atom. The molecule has 0 bridgehead atoms. The Balaban J connectivity index is 1.73. The number of thiophene rings is 1. The summed E-state index contributed by atoms with van der Waals surface area (Å²) in [4.78, 5) is 30.1. The Hall–Kier alpha value is -1.93. The van der Waals surface area contributed by atoms with Gasteiger partial charge in [-0.3, -0.25) is 9.59 Å². The minimum absolute atomic E-state index is 0.129. The highest BCUT2D eigenvalue weighted by molar-refractivity contribution is 7.12. The lowest BCUT2D eigenvalue weighted by molar-refractivity contribution is -0.141. The van der Waals surface area contributed by atoms with Gasteiger partial charge in [0.1, 0.15) is 5.71 Å². The SMILES string of the molecule is COCCNC(=O)CCNC(=O)[C@]1(C)CC(c2cccs2)=NO1. The standard InChI is InChI=1S/C15H21N3O4S/c1-15(10-11(18-22-15)12-4-3-9-23-12)14(20)17-6-5-13(19)16-7-8-21-2/h3-4,9H,5-8,10H2,1-2H3,(H,16,19)(H,17,20)/t15-/m0/s1. The normalized spacial score (nSPS) is 19.8. The molecule has 0 radical (unpaired) electrons. The quantitative estimate of drug-likeness (QED) is 0.689. The van der Waals surface area contributed by atoms with E-state index in [2.05, 4.69) is 15.8 Å². The molecule has 2 rings (SSSR count). The molecule has 1 aliphatic heterocycles. The van der Waals surface area contributed by atoms with Gasteiger partial charge in [0.25, 0.3) is 5.91 Å². The van der Waals surface area contributed by atoms with Gasteiger partial charge in [0.15, 0.2) is 0 Å². The third kappa shape index (κ3) is 4.77. The molecular formula is C15H21N3O4S. The van der Waals surface area contributed by atoms with Crippen molar-refractivity contribution in [3.63, 3.8) is 0 Å². The van der Waals surface area contributed by atoms with E-state index in [9.17, 15) is 9.59 Å². The van der Waals surface area contributed by atoms with Crippen LogP contribution in [-0.4, -0.2) is 49.9 Å². The second-order valence-corrected chi connectivity index (χ2v) is 6.31. The van der Waals surface area contributed by atoms with Crippen molar-refractivity contribution in [1.29, 1.82) is 0 Å². The number of hydrogen-bond donors (Lipinski definition) is 2. The first-order valence-electron chi connectivity index (χ1n) is 7.38. The monoisotopic (exact) mass is 339 g/mol. The Morgan fingerprint density at radius 3 is 2.96 bits per heavy atom. The molecule has 1 aliphatic rings. The van der Waals surface area contributed by atoms with E-state index in [4.69, 9.17) is 9.57 Å². The maximum absolute atomic E-state index is 12.3. The summed E-state index contributed by atoms with van der Waals surface area (Å²) < 4.78 is 4.84. The zero-order valence-corrected chi connectivity index (χ0v) is 14.1. The van der Waals surface area contributed by atoms with Crippen molar-refractivity contribution >= 4 is 28.9 Å². The molecule has 126 valence electrons. The summed E-state index contributed by atoms with van der Waals surface area (Å²) in [6.07, 6.45) is 0.629. The topological polar surface area (TPSA) is 89.0 Å². The predicted octanol–water partition coefficient (Wildman–Crippen LogP) is 0.900. The molecule has 0 aromatic carbocycles. The van der Waals surface area contributed by atoms with E-state index in [1.165, 1.54) is 0 Å². The molecule has 0 spiro atoms. The van der Waals surface area contributed by atoms with E-state index < -0.39 is 5.60 Å². The Kier molecular flexibility index (Phi) is 6.12. The van der Waals surface area contributed by atoms with Crippen LogP contribution in [-0.2, 0) is 19.2 Å². The van der Waals surface area contributed by atoms with Gasteiger partial charge in [-0.25, -0.2) is 0 Å². The first-order valence-corrected chi connectivity index (χ1v) is 8.26. The van der Waals surface area contributed by atoms with Crippen LogP contribution in [0.4, 0.5) is 0 Å². The highest BCUT2D eigenvalue weighted by Crippen LogP contribution is 2.28. The lowest BCUT2D eigenvalue weighted by atomic mass is 9.98. The van der Waals surface area contributed by atoms with Crippen LogP contribution in [0.25, 0.3) is 0 Å². The molecule has 23 heavy (non-hydrogen) atoms. The second kappa shape index (κ2) is 8.07. The Morgan fingerprint density at radius 1 is 1.43 bits per heavy atom. The first kappa shape index (κ1) is 17.4. The number of nitrogens with one attached hydrogen (secondary N) is 2. The largest absolute Gasteiger partial charge is 0.383 e. The van der Waals surface area contributed by atoms with E-state index in [-0.39, 0.29) is 24.8 Å². The van der Waals surface area contributed by atoms with Gasteiger partial charge in [0.2, 0.25) is 11.5 Å². The minimum Gasteiger partial charge on any atom is -0.383 e. The Labute approximate surface area is 139 Å². The summed E-state index contributed by atoms with van der Waals surface area (Å²) in [6, 6.07) is 3.88. The fraction of sp³-hybridized carbons (Fsp3) is 0.533. The van der Waals surface area contributed by atoms with Crippen LogP contribution in [0.2, 0.25) is 0 Å². The fourth-order valence-corrected chi connectivity index (χ4v) is 2.80. The van der Waals surface area contributed by atoms with Crippen LogP contribution in [0.1, 0.15) is 24.6 Å². The molecule has 1 aromatic heterocycles. The van der Waals surface area contributed by atoms with Gasteiger partial charge in [-0.05, 0) is 18.4 Å². The number of oxime groups is 1. The van der Waals surface area contributed by atoms with Crippen molar-refractivity contribution in [2.75, 3.05) is 26.8 Å². The summed E-state index contributed by atoms with van der Waals surface area (Å²) in [6.45, 7) is 2.88. The highest BCUT2D eigenvalue weighted by Gasteiger charge is 2.42. The van der Waals surface area contributed by atoms with Crippen molar-refractivity contribution in [3.8, 4) is 0 Å². The van der Waals surface area contributed by atoms with Crippen LogP contribution >= 0.6 is 11.3 Å². The number of carbonyl (C=O) groups excluding carboxylic acids is 2. The number of ether oxygens (including phenoxy) is 1. The van der Waals surface area contributed by atoms with E-state index in [0.29, 0.717) is 19.6 Å². The molecule has 2 heterocycles. The van der Waals surface area contributed by atoms with Crippen LogP contribution in [0.15, 0.2) is 22.7 Å². The lowest BCUT2D eigenvalue weighted by Gasteiger charge is -2.20. The van der Waals surface area contributed by atoms with Crippen LogP contribution in [0.3, 0.4) is 0 Å². The van der Waals surface area contributed by atoms with Gasteiger partial charge in [0.05, 0.1) is 11.5 Å². The van der Waals surface area contributed by atoms with Gasteiger partial charge in [-0.15, -0.1) is 11.3 Å². The summed E-state index contributed by atoms with van der Waals surface area (Å²) in [7, 11) is 1.57. The average Bonchev–Trinajstić information content (AvgIpc) is 3.17. The maximum Gasteiger partial charge on any atom is 0.267 e. The van der Waals surface area contributed by atoms with Crippen molar-refractivity contribution in [2.45, 2.75) is 25.4 Å². The highest BCUT2D eigenvalue weighted by atomic mass is 32.1. The summed E-state index contributed by atoms with van der Waals surface area (Å²) >= 11 is 1.56. The third-order valence-corrected chi connectivity index (χ3v) is 4.33. The third-order valence-electron chi connectivity index (χ3n) is 3.41. The predicted molar refractivity (Wildman–Crippen MR) is 87.5 cm³/mol. The number of amides is 2. The minimum atomic E-state index is -1.02.